The van der Waals surface area contributed by atoms with Crippen LogP contribution in [0.2, 0.25) is 0 Å². The van der Waals surface area contributed by atoms with Crippen molar-refractivity contribution in [2.75, 3.05) is 6.61 Å². The van der Waals surface area contributed by atoms with Gasteiger partial charge in [-0.3, -0.25) is 9.59 Å². The maximum Gasteiger partial charge on any atom is 0.315 e. The van der Waals surface area contributed by atoms with E-state index in [4.69, 9.17) is 18.9 Å². The second kappa shape index (κ2) is 14.3. The molecule has 2 heterocycles. The van der Waals surface area contributed by atoms with E-state index < -0.39 is 119 Å². The number of carboxylic acids is 1. The van der Waals surface area contributed by atoms with Gasteiger partial charge in [-0.1, -0.05) is 64.8 Å². The number of carbonyl (C=O) groups is 2. The molecule has 2 saturated heterocycles. The zero-order chi connectivity index (χ0) is 41.1. The summed E-state index contributed by atoms with van der Waals surface area (Å²) in [6, 6.07) is 0. The van der Waals surface area contributed by atoms with E-state index in [1.165, 1.54) is 0 Å². The quantitative estimate of drug-likeness (QED) is 0.142. The lowest BCUT2D eigenvalue weighted by molar-refractivity contribution is -0.314. The van der Waals surface area contributed by atoms with Crippen LogP contribution in [0.15, 0.2) is 23.3 Å². The molecule has 3 saturated carbocycles. The number of carbonyl (C=O) groups excluding carboxylic acids is 1. The molecule has 0 spiro atoms. The van der Waals surface area contributed by atoms with Crippen molar-refractivity contribution in [2.24, 2.45) is 50.7 Å². The fourth-order valence-corrected chi connectivity index (χ4v) is 13.1. The predicted molar refractivity (Wildman–Crippen MR) is 198 cm³/mol. The molecule has 56 heavy (non-hydrogen) atoms. The molecule has 7 rings (SSSR count). The topological polar surface area (TPSA) is 233 Å². The first-order chi connectivity index (χ1) is 26.1. The van der Waals surface area contributed by atoms with Crippen molar-refractivity contribution in [2.45, 2.75) is 167 Å². The molecule has 14 nitrogen and oxygen atoms in total. The van der Waals surface area contributed by atoms with Crippen LogP contribution in [-0.2, 0) is 28.5 Å². The molecule has 14 heteroatoms. The first-order valence-corrected chi connectivity index (χ1v) is 20.7. The number of esters is 1. The van der Waals surface area contributed by atoms with Gasteiger partial charge in [-0.15, -0.1) is 0 Å². The van der Waals surface area contributed by atoms with Crippen molar-refractivity contribution in [3.8, 4) is 0 Å². The van der Waals surface area contributed by atoms with Crippen molar-refractivity contribution >= 4 is 11.9 Å². The molecule has 0 bridgehead atoms. The number of hydrogen-bond acceptors (Lipinski definition) is 13. The lowest BCUT2D eigenvalue weighted by Gasteiger charge is -2.68. The molecule has 8 N–H and O–H groups in total. The second-order valence-corrected chi connectivity index (χ2v) is 19.5. The lowest BCUT2D eigenvalue weighted by atomic mass is 9.34. The fourth-order valence-electron chi connectivity index (χ4n) is 13.1. The number of allylic oxidation sites excluding steroid dienone is 2. The third-order valence-electron chi connectivity index (χ3n) is 16.6. The standard InChI is InChI=1S/C42H64O14/c1-19-10-15-41(37(52)56-35-33(49)31(47)29(45)23(18-43)54-35)16-17-42(36(50)51)22(27(41)20(19)2)8-9-25-39(6)13-12-26(38(4,5)24(39)11-14-40(25,42)7)55-34-32(48)30(46)28(44)21(3)53-34/h8,11,19-21,23,25-35,43-49H,9-10,12-18H2,1-7H3,(H,50,51)/t19-,20+,21+,23-,25-,26+,27+,28+,29-,30-,31+,32-,33-,34+,35+,39+,40-,41+,42-/m1/s1. The molecule has 316 valence electrons. The smallest absolute Gasteiger partial charge is 0.315 e. The van der Waals surface area contributed by atoms with Crippen LogP contribution in [0.1, 0.15) is 99.8 Å². The van der Waals surface area contributed by atoms with E-state index in [1.54, 1.807) is 6.92 Å². The highest BCUT2D eigenvalue weighted by Gasteiger charge is 2.73. The highest BCUT2D eigenvalue weighted by atomic mass is 16.7. The van der Waals surface area contributed by atoms with Crippen LogP contribution < -0.4 is 0 Å². The van der Waals surface area contributed by atoms with E-state index in [1.807, 2.05) is 0 Å². The van der Waals surface area contributed by atoms with E-state index in [0.717, 1.165) is 11.1 Å². The first-order valence-electron chi connectivity index (χ1n) is 20.7. The Labute approximate surface area is 328 Å². The van der Waals surface area contributed by atoms with E-state index in [0.29, 0.717) is 38.5 Å². The molecule has 0 unspecified atom stereocenters. The van der Waals surface area contributed by atoms with Crippen LogP contribution in [0.5, 0.6) is 0 Å². The first kappa shape index (κ1) is 42.2. The van der Waals surface area contributed by atoms with Gasteiger partial charge in [0.1, 0.15) is 42.7 Å². The number of aliphatic carboxylic acids is 1. The van der Waals surface area contributed by atoms with Crippen molar-refractivity contribution in [1.29, 1.82) is 0 Å². The highest BCUT2D eigenvalue weighted by molar-refractivity contribution is 5.85. The maximum absolute atomic E-state index is 14.6. The number of hydrogen-bond donors (Lipinski definition) is 8. The Hall–Kier alpha value is -1.98. The molecular formula is C42H64O14. The van der Waals surface area contributed by atoms with Gasteiger partial charge in [0.15, 0.2) is 6.29 Å². The van der Waals surface area contributed by atoms with Crippen molar-refractivity contribution in [1.82, 2.24) is 0 Å². The van der Waals surface area contributed by atoms with Crippen LogP contribution in [-0.4, -0.2) is 127 Å². The SMILES string of the molecule is C[C@H]1[C@H](C)CC[C@]2(C(=O)O[C@@H]3O[C@H](CO)[C@@H](O)[C@H](O)[C@H]3O)CC[C@]3(C(=O)O)C(=CC[C@@H]4[C@@]5(C)CC[C@H](O[C@@H]6O[C@@H](C)[C@H](O)[C@@H](O)[C@H]6O)C(C)(C)C5=CC[C@]43C)[C@H]12. The van der Waals surface area contributed by atoms with Gasteiger partial charge in [0.2, 0.25) is 6.29 Å². The highest BCUT2D eigenvalue weighted by Crippen LogP contribution is 2.75. The Morgan fingerprint density at radius 1 is 0.804 bits per heavy atom. The van der Waals surface area contributed by atoms with Gasteiger partial charge in [-0.05, 0) is 92.8 Å². The Bertz CT molecular complexity index is 1610. The normalized spacial score (nSPS) is 52.6. The summed E-state index contributed by atoms with van der Waals surface area (Å²) in [6.07, 6.45) is -6.04. The van der Waals surface area contributed by atoms with Crippen LogP contribution >= 0.6 is 0 Å². The summed E-state index contributed by atoms with van der Waals surface area (Å²) in [5.41, 5.74) is -2.21. The van der Waals surface area contributed by atoms with Crippen molar-refractivity contribution < 1.29 is 69.4 Å². The summed E-state index contributed by atoms with van der Waals surface area (Å²) in [5.74, 6) is -2.02. The molecule has 0 aromatic heterocycles. The van der Waals surface area contributed by atoms with Crippen LogP contribution in [0.3, 0.4) is 0 Å². The van der Waals surface area contributed by atoms with Gasteiger partial charge in [-0.25, -0.2) is 0 Å². The fraction of sp³-hybridized carbons (Fsp3) is 0.857. The summed E-state index contributed by atoms with van der Waals surface area (Å²) in [4.78, 5) is 28.8. The molecule has 5 aliphatic carbocycles. The van der Waals surface area contributed by atoms with Gasteiger partial charge in [0.05, 0.1) is 29.6 Å². The maximum atomic E-state index is 14.6. The molecule has 5 fully saturated rings. The van der Waals surface area contributed by atoms with Crippen molar-refractivity contribution in [3.05, 3.63) is 23.3 Å². The van der Waals surface area contributed by atoms with Crippen LogP contribution in [0, 0.1) is 50.7 Å². The Kier molecular flexibility index (Phi) is 10.8. The number of fused-ring (bicyclic) bond motifs is 7. The van der Waals surface area contributed by atoms with E-state index >= 15 is 0 Å². The zero-order valence-electron chi connectivity index (χ0n) is 33.7. The zero-order valence-corrected chi connectivity index (χ0v) is 33.7. The summed E-state index contributed by atoms with van der Waals surface area (Å²) in [7, 11) is 0. The van der Waals surface area contributed by atoms with E-state index in [9.17, 15) is 50.4 Å². The summed E-state index contributed by atoms with van der Waals surface area (Å²) < 4.78 is 23.8. The second-order valence-electron chi connectivity index (χ2n) is 19.5. The average Bonchev–Trinajstić information content (AvgIpc) is 3.14. The molecular weight excluding hydrogens is 728 g/mol. The van der Waals surface area contributed by atoms with Gasteiger partial charge in [0, 0.05) is 5.41 Å². The van der Waals surface area contributed by atoms with E-state index in [-0.39, 0.29) is 30.6 Å². The molecule has 2 aliphatic heterocycles. The molecule has 0 aromatic carbocycles. The number of carboxylic acid groups (broad SMARTS) is 1. The average molecular weight is 793 g/mol. The number of aliphatic hydroxyl groups is 7. The Morgan fingerprint density at radius 2 is 1.46 bits per heavy atom. The summed E-state index contributed by atoms with van der Waals surface area (Å²) in [5, 5.41) is 84.4. The minimum Gasteiger partial charge on any atom is -0.481 e. The largest absolute Gasteiger partial charge is 0.481 e. The predicted octanol–water partition coefficient (Wildman–Crippen LogP) is 2.18. The molecule has 0 radical (unpaired) electrons. The lowest BCUT2D eigenvalue weighted by Crippen LogP contribution is -2.66. The van der Waals surface area contributed by atoms with Crippen molar-refractivity contribution in [3.63, 3.8) is 0 Å². The molecule has 7 aliphatic rings. The van der Waals surface area contributed by atoms with Crippen LogP contribution in [0.4, 0.5) is 0 Å². The molecule has 19 atom stereocenters. The van der Waals surface area contributed by atoms with Gasteiger partial charge < -0.3 is 59.8 Å². The van der Waals surface area contributed by atoms with Gasteiger partial charge >= 0.3 is 11.9 Å². The van der Waals surface area contributed by atoms with Crippen LogP contribution in [0.25, 0.3) is 0 Å². The Morgan fingerprint density at radius 3 is 2.12 bits per heavy atom. The summed E-state index contributed by atoms with van der Waals surface area (Å²) in [6.45, 7) is 13.7. The van der Waals surface area contributed by atoms with Gasteiger partial charge in [-0.2, -0.15) is 0 Å². The third kappa shape index (κ3) is 5.78. The minimum absolute atomic E-state index is 0.0755. The van der Waals surface area contributed by atoms with Gasteiger partial charge in [0.25, 0.3) is 0 Å². The number of rotatable bonds is 6. The minimum atomic E-state index is -1.75. The summed E-state index contributed by atoms with van der Waals surface area (Å²) >= 11 is 0. The molecule has 0 aromatic rings. The van der Waals surface area contributed by atoms with E-state index in [2.05, 4.69) is 53.7 Å². The number of aliphatic hydroxyl groups excluding tert-OH is 7. The molecule has 0 amide bonds. The Balaban J connectivity index is 1.22. The monoisotopic (exact) mass is 792 g/mol. The number of ether oxygens (including phenoxy) is 4. The third-order valence-corrected chi connectivity index (χ3v) is 16.6.